The quantitative estimate of drug-likeness (QED) is 0.113. The van der Waals surface area contributed by atoms with Crippen molar-refractivity contribution in [3.05, 3.63) is 119 Å². The van der Waals surface area contributed by atoms with Crippen molar-refractivity contribution < 1.29 is 4.74 Å². The molecule has 2 aliphatic carbocycles. The Labute approximate surface area is 287 Å². The van der Waals surface area contributed by atoms with E-state index >= 15 is 0 Å². The zero-order valence-electron chi connectivity index (χ0n) is 29.9. The largest absolute Gasteiger partial charge is 0.376 e. The molecule has 2 heterocycles. The van der Waals surface area contributed by atoms with E-state index in [-0.39, 0.29) is 5.60 Å². The fourth-order valence-electron chi connectivity index (χ4n) is 9.65. The maximum atomic E-state index is 6.10. The van der Waals surface area contributed by atoms with Gasteiger partial charge < -0.3 is 13.9 Å². The molecular weight excluding hydrogens is 601 g/mol. The highest BCUT2D eigenvalue weighted by Crippen LogP contribution is 2.61. The number of aryl methyl sites for hydroxylation is 3. The number of hydrogen-bond donors (Lipinski definition) is 0. The molecule has 3 atom stereocenters. The first-order valence-corrected chi connectivity index (χ1v) is 20.9. The Morgan fingerprint density at radius 1 is 0.646 bits per heavy atom. The number of rotatable bonds is 9. The van der Waals surface area contributed by atoms with E-state index in [9.17, 15) is 0 Å². The number of para-hydroxylation sites is 1. The number of fused-ring (bicyclic) bond motifs is 10. The molecule has 0 saturated carbocycles. The Kier molecular flexibility index (Phi) is 7.61. The van der Waals surface area contributed by atoms with Gasteiger partial charge in [-0.15, -0.1) is 0 Å². The fraction of sp³-hybridized carbons (Fsp3) is 0.364. The summed E-state index contributed by atoms with van der Waals surface area (Å²) in [4.78, 5) is 0. The van der Waals surface area contributed by atoms with Gasteiger partial charge in [-0.1, -0.05) is 110 Å². The predicted octanol–water partition coefficient (Wildman–Crippen LogP) is 11.4. The Morgan fingerprint density at radius 2 is 1.19 bits per heavy atom. The van der Waals surface area contributed by atoms with Crippen LogP contribution in [0.5, 0.6) is 0 Å². The first-order valence-electron chi connectivity index (χ1n) is 18.1. The minimum atomic E-state index is -2.27. The highest BCUT2D eigenvalue weighted by molar-refractivity contribution is 6.83. The third kappa shape index (κ3) is 4.78. The molecule has 4 aromatic carbocycles. The molecule has 0 aliphatic heterocycles. The lowest BCUT2D eigenvalue weighted by Gasteiger charge is -2.41. The molecule has 246 valence electrons. The maximum Gasteiger partial charge on any atom is 0.0763 e. The molecule has 0 bridgehead atoms. The molecule has 2 aliphatic rings. The van der Waals surface area contributed by atoms with Crippen molar-refractivity contribution in [1.82, 2.24) is 9.13 Å². The lowest BCUT2D eigenvalue weighted by Crippen LogP contribution is -2.45. The zero-order valence-corrected chi connectivity index (χ0v) is 30.9. The van der Waals surface area contributed by atoms with Gasteiger partial charge in [-0.2, -0.15) is 0 Å². The van der Waals surface area contributed by atoms with E-state index < -0.39 is 8.07 Å². The van der Waals surface area contributed by atoms with E-state index in [0.717, 1.165) is 13.0 Å². The number of nitrogens with zero attached hydrogens (tertiary/aromatic N) is 2. The second kappa shape index (κ2) is 11.6. The van der Waals surface area contributed by atoms with Gasteiger partial charge in [0, 0.05) is 64.7 Å². The molecule has 0 saturated heterocycles. The van der Waals surface area contributed by atoms with Crippen molar-refractivity contribution in [2.45, 2.75) is 82.7 Å². The van der Waals surface area contributed by atoms with Crippen LogP contribution in [0.4, 0.5) is 0 Å². The van der Waals surface area contributed by atoms with Crippen LogP contribution in [0, 0.1) is 6.92 Å². The van der Waals surface area contributed by atoms with Gasteiger partial charge in [0.2, 0.25) is 0 Å². The monoisotopic (exact) mass is 650 g/mol. The highest BCUT2D eigenvalue weighted by atomic mass is 28.3. The molecule has 0 fully saturated rings. The van der Waals surface area contributed by atoms with Crippen LogP contribution in [0.1, 0.15) is 85.4 Å². The number of unbranched alkanes of at least 4 members (excludes halogenated alkanes) is 3. The summed E-state index contributed by atoms with van der Waals surface area (Å²) in [6.07, 6.45) is 4.87. The first-order chi connectivity index (χ1) is 23.1. The Hall–Kier alpha value is -3.86. The molecule has 0 spiro atoms. The van der Waals surface area contributed by atoms with E-state index in [1.165, 1.54) is 75.2 Å². The van der Waals surface area contributed by atoms with Gasteiger partial charge in [0.05, 0.1) is 25.1 Å². The Morgan fingerprint density at radius 3 is 1.83 bits per heavy atom. The van der Waals surface area contributed by atoms with Gasteiger partial charge in [-0.25, -0.2) is 0 Å². The average Bonchev–Trinajstić information content (AvgIpc) is 3.77. The first kappa shape index (κ1) is 31.4. The summed E-state index contributed by atoms with van der Waals surface area (Å²) in [5.41, 5.74) is 16.9. The van der Waals surface area contributed by atoms with Crippen molar-refractivity contribution in [2.24, 2.45) is 14.1 Å². The predicted molar refractivity (Wildman–Crippen MR) is 206 cm³/mol. The number of benzene rings is 4. The van der Waals surface area contributed by atoms with Gasteiger partial charge in [0.1, 0.15) is 0 Å². The maximum absolute atomic E-state index is 6.10. The smallest absolute Gasteiger partial charge is 0.0763 e. The fourth-order valence-corrected chi connectivity index (χ4v) is 15.4. The standard InChI is InChI=1S/C44H50N2OSi/c1-29-24-25-37-35(28-29)39-41(46(37)6)31-19-11-13-21-33(31)43(39)48(7,27-17-9-8-16-26-47-44(2,3)4)42-32-20-12-10-18-30(32)40-38(42)34-22-14-15-23-36(34)45(40)5/h10-15,18-25,28,42-43H,8-9,16-17,26-27H2,1-7H3. The van der Waals surface area contributed by atoms with Gasteiger partial charge in [-0.3, -0.25) is 0 Å². The van der Waals surface area contributed by atoms with Crippen molar-refractivity contribution in [3.8, 4) is 22.5 Å². The molecule has 0 amide bonds. The summed E-state index contributed by atoms with van der Waals surface area (Å²) in [6, 6.07) is 36.4. The molecule has 3 unspecified atom stereocenters. The van der Waals surface area contributed by atoms with Gasteiger partial charge in [0.25, 0.3) is 0 Å². The number of aromatic nitrogens is 2. The molecule has 3 nitrogen and oxygen atoms in total. The lowest BCUT2D eigenvalue weighted by molar-refractivity contribution is -0.00471. The molecular formula is C44H50N2OSi. The van der Waals surface area contributed by atoms with Crippen molar-refractivity contribution >= 4 is 29.9 Å². The molecule has 4 heteroatoms. The summed E-state index contributed by atoms with van der Waals surface area (Å²) in [5, 5.41) is 2.89. The molecule has 2 aromatic heterocycles. The molecule has 0 radical (unpaired) electrons. The summed E-state index contributed by atoms with van der Waals surface area (Å²) < 4.78 is 11.1. The van der Waals surface area contributed by atoms with Crippen molar-refractivity contribution in [2.75, 3.05) is 6.61 Å². The van der Waals surface area contributed by atoms with E-state index in [1.807, 2.05) is 0 Å². The normalized spacial score (nSPS) is 17.8. The SMILES string of the molecule is Cc1ccc2c(c1)c1c(n2C)-c2ccccc2C1[Si](C)(CCCCCCOC(C)(C)C)C1c2ccccc2-c2c1c1ccccc1n2C. The molecule has 0 N–H and O–H groups in total. The lowest BCUT2D eigenvalue weighted by atomic mass is 10.1. The van der Waals surface area contributed by atoms with E-state index in [2.05, 4.69) is 148 Å². The van der Waals surface area contributed by atoms with E-state index in [0.29, 0.717) is 11.1 Å². The minimum absolute atomic E-state index is 0.0676. The topological polar surface area (TPSA) is 19.1 Å². The molecule has 8 rings (SSSR count). The van der Waals surface area contributed by atoms with E-state index in [1.54, 1.807) is 22.3 Å². The third-order valence-electron chi connectivity index (χ3n) is 11.6. The minimum Gasteiger partial charge on any atom is -0.376 e. The molecule has 6 aromatic rings. The zero-order chi connectivity index (χ0) is 33.4. The average molecular weight is 651 g/mol. The summed E-state index contributed by atoms with van der Waals surface area (Å²) in [7, 11) is 2.31. The Bertz CT molecular complexity index is 2180. The third-order valence-corrected chi connectivity index (χ3v) is 16.9. The second-order valence-electron chi connectivity index (χ2n) is 15.9. The van der Waals surface area contributed by atoms with Crippen molar-refractivity contribution in [1.29, 1.82) is 0 Å². The van der Waals surface area contributed by atoms with Gasteiger partial charge in [-0.05, 0) is 74.6 Å². The summed E-state index contributed by atoms with van der Waals surface area (Å²) in [5.74, 6) is 0. The van der Waals surface area contributed by atoms with Crippen LogP contribution in [0.15, 0.2) is 91.0 Å². The van der Waals surface area contributed by atoms with Crippen LogP contribution >= 0.6 is 0 Å². The summed E-state index contributed by atoms with van der Waals surface area (Å²) in [6.45, 7) is 12.4. The Balaban J connectivity index is 1.32. The van der Waals surface area contributed by atoms with Crippen molar-refractivity contribution in [3.63, 3.8) is 0 Å². The number of hydrogen-bond acceptors (Lipinski definition) is 1. The highest BCUT2D eigenvalue weighted by Gasteiger charge is 2.54. The van der Waals surface area contributed by atoms with Crippen LogP contribution in [-0.4, -0.2) is 29.4 Å². The second-order valence-corrected chi connectivity index (χ2v) is 20.5. The van der Waals surface area contributed by atoms with Crippen LogP contribution < -0.4 is 0 Å². The molecule has 48 heavy (non-hydrogen) atoms. The van der Waals surface area contributed by atoms with Crippen LogP contribution in [-0.2, 0) is 18.8 Å². The van der Waals surface area contributed by atoms with Crippen LogP contribution in [0.3, 0.4) is 0 Å². The van der Waals surface area contributed by atoms with Crippen LogP contribution in [0.2, 0.25) is 12.6 Å². The van der Waals surface area contributed by atoms with Crippen LogP contribution in [0.25, 0.3) is 44.3 Å². The number of ether oxygens (including phenoxy) is 1. The van der Waals surface area contributed by atoms with Gasteiger partial charge >= 0.3 is 0 Å². The van der Waals surface area contributed by atoms with E-state index in [4.69, 9.17) is 4.74 Å². The summed E-state index contributed by atoms with van der Waals surface area (Å²) >= 11 is 0. The van der Waals surface area contributed by atoms with Gasteiger partial charge in [0.15, 0.2) is 0 Å².